The summed E-state index contributed by atoms with van der Waals surface area (Å²) in [5, 5.41) is 12.3. The second-order valence-electron chi connectivity index (χ2n) is 5.12. The Morgan fingerprint density at radius 3 is 3.00 bits per heavy atom. The minimum absolute atomic E-state index is 0. The number of aryl methyl sites for hydroxylation is 1. The highest BCUT2D eigenvalue weighted by molar-refractivity contribution is 14.0. The van der Waals surface area contributed by atoms with Crippen molar-refractivity contribution in [2.45, 2.75) is 38.5 Å². The van der Waals surface area contributed by atoms with Crippen LogP contribution in [0.15, 0.2) is 11.3 Å². The van der Waals surface area contributed by atoms with Crippen molar-refractivity contribution in [3.8, 4) is 0 Å². The van der Waals surface area contributed by atoms with Crippen molar-refractivity contribution < 1.29 is 0 Å². The smallest absolute Gasteiger partial charge is 0.193 e. The van der Waals surface area contributed by atoms with Gasteiger partial charge in [0.05, 0.1) is 0 Å². The maximum absolute atomic E-state index is 4.42. The topological polar surface area (TPSA) is 58.3 Å². The first kappa shape index (κ1) is 19.5. The number of guanidine groups is 1. The van der Waals surface area contributed by atoms with Crippen LogP contribution in [0, 0.1) is 0 Å². The minimum atomic E-state index is 0. The molecule has 2 heterocycles. The molecule has 0 saturated carbocycles. The van der Waals surface area contributed by atoms with Gasteiger partial charge in [0.25, 0.3) is 0 Å². The number of aliphatic imine (C=N–C) groups is 1. The van der Waals surface area contributed by atoms with Crippen molar-refractivity contribution in [2.24, 2.45) is 4.99 Å². The van der Waals surface area contributed by atoms with Crippen molar-refractivity contribution in [2.75, 3.05) is 32.4 Å². The lowest BCUT2D eigenvalue weighted by Crippen LogP contribution is -2.48. The first-order valence-corrected chi connectivity index (χ1v) is 8.77. The van der Waals surface area contributed by atoms with Crippen LogP contribution >= 0.6 is 35.7 Å². The van der Waals surface area contributed by atoms with E-state index >= 15 is 0 Å². The normalized spacial score (nSPS) is 19.0. The van der Waals surface area contributed by atoms with Crippen LogP contribution < -0.4 is 5.32 Å². The van der Waals surface area contributed by atoms with Gasteiger partial charge in [-0.1, -0.05) is 13.8 Å². The standard InChI is InChI=1S/C14H26N6S.HI/c1-4-12-10-19(8-9-21-12)14(15-3)16-6-7-20-11-17-18-13(20)5-2;/h11-12H,4-10H2,1-3H3,(H,15,16);1H. The molecule has 1 fully saturated rings. The van der Waals surface area contributed by atoms with Crippen LogP contribution in [0.4, 0.5) is 0 Å². The average molecular weight is 438 g/mol. The molecule has 1 N–H and O–H groups in total. The minimum Gasteiger partial charge on any atom is -0.354 e. The van der Waals surface area contributed by atoms with Gasteiger partial charge >= 0.3 is 0 Å². The summed E-state index contributed by atoms with van der Waals surface area (Å²) in [6.45, 7) is 8.24. The largest absolute Gasteiger partial charge is 0.354 e. The van der Waals surface area contributed by atoms with Gasteiger partial charge in [-0.15, -0.1) is 34.2 Å². The number of hydrogen-bond donors (Lipinski definition) is 1. The first-order chi connectivity index (χ1) is 10.3. The van der Waals surface area contributed by atoms with Crippen LogP contribution in [0.3, 0.4) is 0 Å². The third-order valence-corrected chi connectivity index (χ3v) is 5.13. The van der Waals surface area contributed by atoms with E-state index < -0.39 is 0 Å². The van der Waals surface area contributed by atoms with Crippen molar-refractivity contribution in [3.05, 3.63) is 12.2 Å². The van der Waals surface area contributed by atoms with Gasteiger partial charge < -0.3 is 14.8 Å². The van der Waals surface area contributed by atoms with E-state index in [-0.39, 0.29) is 24.0 Å². The van der Waals surface area contributed by atoms with Crippen LogP contribution in [0.2, 0.25) is 0 Å². The van der Waals surface area contributed by atoms with Crippen molar-refractivity contribution in [3.63, 3.8) is 0 Å². The molecule has 1 aliphatic heterocycles. The van der Waals surface area contributed by atoms with Crippen molar-refractivity contribution in [1.82, 2.24) is 25.0 Å². The summed E-state index contributed by atoms with van der Waals surface area (Å²) in [6, 6.07) is 0. The van der Waals surface area contributed by atoms with Gasteiger partial charge in [0.1, 0.15) is 12.2 Å². The predicted molar refractivity (Wildman–Crippen MR) is 104 cm³/mol. The monoisotopic (exact) mass is 438 g/mol. The van der Waals surface area contributed by atoms with Gasteiger partial charge in [-0.25, -0.2) is 0 Å². The van der Waals surface area contributed by atoms with Crippen LogP contribution in [0.1, 0.15) is 26.1 Å². The van der Waals surface area contributed by atoms with Crippen LogP contribution in [0.5, 0.6) is 0 Å². The maximum Gasteiger partial charge on any atom is 0.193 e. The molecule has 22 heavy (non-hydrogen) atoms. The second-order valence-corrected chi connectivity index (χ2v) is 6.52. The number of nitrogens with one attached hydrogen (secondary N) is 1. The Morgan fingerprint density at radius 2 is 2.32 bits per heavy atom. The molecule has 1 aromatic heterocycles. The Labute approximate surface area is 154 Å². The number of thioether (sulfide) groups is 1. The zero-order valence-electron chi connectivity index (χ0n) is 13.7. The predicted octanol–water partition coefficient (Wildman–Crippen LogP) is 1.86. The molecule has 0 radical (unpaired) electrons. The summed E-state index contributed by atoms with van der Waals surface area (Å²) in [7, 11) is 1.86. The van der Waals surface area contributed by atoms with E-state index in [2.05, 4.69) is 55.6 Å². The molecule has 1 aliphatic rings. The summed E-state index contributed by atoms with van der Waals surface area (Å²) in [5.74, 6) is 3.23. The van der Waals surface area contributed by atoms with Crippen molar-refractivity contribution >= 4 is 41.7 Å². The molecule has 6 nitrogen and oxygen atoms in total. The van der Waals surface area contributed by atoms with Gasteiger partial charge in [0, 0.05) is 50.7 Å². The molecular weight excluding hydrogens is 411 g/mol. The van der Waals surface area contributed by atoms with Crippen LogP contribution in [0.25, 0.3) is 0 Å². The summed E-state index contributed by atoms with van der Waals surface area (Å²) in [5.41, 5.74) is 0. The highest BCUT2D eigenvalue weighted by atomic mass is 127. The van der Waals surface area contributed by atoms with E-state index in [4.69, 9.17) is 0 Å². The Morgan fingerprint density at radius 1 is 1.50 bits per heavy atom. The van der Waals surface area contributed by atoms with Crippen LogP contribution in [-0.4, -0.2) is 63.3 Å². The van der Waals surface area contributed by atoms with E-state index in [9.17, 15) is 0 Å². The third kappa shape index (κ3) is 5.29. The molecule has 0 amide bonds. The number of nitrogens with zero attached hydrogens (tertiary/aromatic N) is 5. The fourth-order valence-electron chi connectivity index (χ4n) is 2.52. The van der Waals surface area contributed by atoms with Crippen molar-refractivity contribution in [1.29, 1.82) is 0 Å². The number of hydrogen-bond acceptors (Lipinski definition) is 4. The fraction of sp³-hybridized carbons (Fsp3) is 0.786. The number of rotatable bonds is 5. The Balaban J connectivity index is 0.00000242. The lowest BCUT2D eigenvalue weighted by Gasteiger charge is -2.34. The van der Waals surface area contributed by atoms with Gasteiger partial charge in [0.15, 0.2) is 5.96 Å². The second kappa shape index (κ2) is 10.3. The zero-order valence-corrected chi connectivity index (χ0v) is 16.8. The molecule has 1 unspecified atom stereocenters. The van der Waals surface area contributed by atoms with Gasteiger partial charge in [-0.2, -0.15) is 11.8 Å². The fourth-order valence-corrected chi connectivity index (χ4v) is 3.70. The Kier molecular flexibility index (Phi) is 9.15. The van der Waals surface area contributed by atoms with Crippen LogP contribution in [-0.2, 0) is 13.0 Å². The highest BCUT2D eigenvalue weighted by Crippen LogP contribution is 2.20. The maximum atomic E-state index is 4.42. The molecule has 8 heteroatoms. The summed E-state index contributed by atoms with van der Waals surface area (Å²) < 4.78 is 2.10. The van der Waals surface area contributed by atoms with E-state index in [0.717, 1.165) is 49.6 Å². The molecule has 0 aromatic carbocycles. The molecule has 1 aromatic rings. The SMILES string of the molecule is CCc1nncn1CCNC(=NC)N1CCSC(CC)C1.I. The third-order valence-electron chi connectivity index (χ3n) is 3.75. The number of aromatic nitrogens is 3. The van der Waals surface area contributed by atoms with E-state index in [1.807, 2.05) is 7.05 Å². The van der Waals surface area contributed by atoms with E-state index in [0.29, 0.717) is 0 Å². The van der Waals surface area contributed by atoms with Gasteiger partial charge in [-0.05, 0) is 6.42 Å². The van der Waals surface area contributed by atoms with Gasteiger partial charge in [0.2, 0.25) is 0 Å². The summed E-state index contributed by atoms with van der Waals surface area (Å²) in [4.78, 5) is 6.80. The highest BCUT2D eigenvalue weighted by Gasteiger charge is 2.21. The van der Waals surface area contributed by atoms with E-state index in [1.165, 1.54) is 12.2 Å². The zero-order chi connectivity index (χ0) is 15.1. The van der Waals surface area contributed by atoms with E-state index in [1.54, 1.807) is 6.33 Å². The molecule has 0 aliphatic carbocycles. The molecule has 0 bridgehead atoms. The summed E-state index contributed by atoms with van der Waals surface area (Å²) >= 11 is 2.08. The molecule has 126 valence electrons. The Bertz CT molecular complexity index is 464. The summed E-state index contributed by atoms with van der Waals surface area (Å²) in [6.07, 6.45) is 3.93. The molecule has 0 spiro atoms. The van der Waals surface area contributed by atoms with Gasteiger partial charge in [-0.3, -0.25) is 4.99 Å². The molecule has 2 rings (SSSR count). The quantitative estimate of drug-likeness (QED) is 0.432. The molecular formula is C14H27IN6S. The first-order valence-electron chi connectivity index (χ1n) is 7.72. The lowest BCUT2D eigenvalue weighted by molar-refractivity contribution is 0.406. The number of halogens is 1. The average Bonchev–Trinajstić information content (AvgIpc) is 2.99. The Hall–Kier alpha value is -0.510. The molecule has 1 atom stereocenters. The lowest BCUT2D eigenvalue weighted by atomic mass is 10.3. The molecule has 1 saturated heterocycles.